The third-order valence-electron chi connectivity index (χ3n) is 22.1. The van der Waals surface area contributed by atoms with Crippen molar-refractivity contribution in [2.45, 2.75) is 73.4 Å². The molecule has 3 aromatic heterocycles. The van der Waals surface area contributed by atoms with Gasteiger partial charge in [-0.05, 0) is 152 Å². The van der Waals surface area contributed by atoms with Gasteiger partial charge in [0.15, 0.2) is 0 Å². The van der Waals surface area contributed by atoms with Gasteiger partial charge in [0.1, 0.15) is 46.5 Å². The van der Waals surface area contributed by atoms with Crippen molar-refractivity contribution in [3.05, 3.63) is 192 Å². The Morgan fingerprint density at radius 2 is 0.777 bits per heavy atom. The van der Waals surface area contributed by atoms with E-state index >= 15 is 8.78 Å². The van der Waals surface area contributed by atoms with Crippen LogP contribution in [0, 0.1) is 49.9 Å². The molecule has 9 heterocycles. The Morgan fingerprint density at radius 1 is 0.438 bits per heavy atom. The zero-order chi connectivity index (χ0) is 86.5. The number of ether oxygens (including phenoxy) is 3. The van der Waals surface area contributed by atoms with Crippen LogP contribution in [-0.4, -0.2) is 272 Å². The number of hydrogen-bond acceptors (Lipinski definition) is 21. The number of likely N-dealkylation sites (N-methyl/N-ethyl adjacent to an activating group) is 3. The molecule has 15 rings (SSSR count). The molecule has 3 unspecified atom stereocenters. The van der Waals surface area contributed by atoms with Gasteiger partial charge >= 0.3 is 17.1 Å². The molecule has 3 fully saturated rings. The van der Waals surface area contributed by atoms with E-state index in [4.69, 9.17) is 37.4 Å². The number of carbonyl (C=O) groups is 3. The van der Waals surface area contributed by atoms with Gasteiger partial charge < -0.3 is 58.3 Å². The molecule has 3 amide bonds. The minimum Gasteiger partial charge on any atom is -0.374 e. The van der Waals surface area contributed by atoms with Crippen LogP contribution in [0.1, 0.15) is 16.7 Å². The largest absolute Gasteiger partial charge is 0.374 e. The highest BCUT2D eigenvalue weighted by Crippen LogP contribution is 2.49. The van der Waals surface area contributed by atoms with Crippen LogP contribution in [0.25, 0.3) is 66.1 Å². The predicted octanol–water partition coefficient (Wildman–Crippen LogP) is 11.8. The number of amides is 3. The molecular weight excluding hydrogens is 1660 g/mol. The summed E-state index contributed by atoms with van der Waals surface area (Å²) < 4.78 is 95.9. The first-order valence-corrected chi connectivity index (χ1v) is 43.6. The van der Waals surface area contributed by atoms with Crippen molar-refractivity contribution >= 4 is 126 Å². The van der Waals surface area contributed by atoms with Crippen LogP contribution >= 0.6 is 58.5 Å². The first kappa shape index (κ1) is 89.6. The Balaban J connectivity index is 0.000000157. The standard InChI is InChI=1S/C29H32ClF2N5O3S.C29H33ClFN5O3S.C29H33F2N5O3S/c1-5-24(38)35-6-8-36(9-7-35)28-20-12-17(2)25(19-13-21(30)23(32)14-22(19)31)27-26(20)37(29(39)33-28)15-18(16-41-27)40-11-10-34(3)4;1-5-24(37)34-8-10-35(11-9-34)28-21-14-18(2)25(19-6-7-23(31)22(30)15-19)27-26(21)36(29(38)32-28)16-20(17-40-27)39-13-12-33(3)4;1-5-24(37)34-8-10-35(11-9-34)28-22-14-18(2)25(21-7-6-19(30)15-23(21)31)27-26(22)36(29(38)32-28)16-20(17-40-27)39-13-12-33(3)4/h5,12-14,18H,1,6-11,15-16H2,2-4H3;2*5-7,14-15,20H,1,8-13,16-17H2,2-4H3. The van der Waals surface area contributed by atoms with Crippen molar-refractivity contribution < 1.29 is 50.5 Å². The number of aryl methyl sites for hydroxylation is 3. The van der Waals surface area contributed by atoms with Gasteiger partial charge in [0.2, 0.25) is 17.7 Å². The lowest BCUT2D eigenvalue weighted by atomic mass is 9.97. The molecular formula is C87H98Cl2F5N15O9S3. The number of anilines is 3. The number of halogens is 7. The second-order valence-electron chi connectivity index (χ2n) is 31.2. The van der Waals surface area contributed by atoms with Crippen LogP contribution in [0.3, 0.4) is 0 Å². The van der Waals surface area contributed by atoms with Crippen LogP contribution in [0.2, 0.25) is 10.0 Å². The molecule has 0 spiro atoms. The van der Waals surface area contributed by atoms with Gasteiger partial charge in [-0.25, -0.2) is 36.3 Å². The van der Waals surface area contributed by atoms with E-state index in [1.807, 2.05) is 94.8 Å². The van der Waals surface area contributed by atoms with Crippen molar-refractivity contribution in [1.29, 1.82) is 0 Å². The van der Waals surface area contributed by atoms with Crippen LogP contribution in [-0.2, 0) is 48.2 Å². The summed E-state index contributed by atoms with van der Waals surface area (Å²) in [7, 11) is 11.8. The molecule has 9 aromatic rings. The van der Waals surface area contributed by atoms with Gasteiger partial charge in [-0.15, -0.1) is 35.3 Å². The molecule has 3 saturated heterocycles. The zero-order valence-electron chi connectivity index (χ0n) is 69.2. The maximum absolute atomic E-state index is 15.3. The Labute approximate surface area is 721 Å². The second-order valence-corrected chi connectivity index (χ2v) is 35.1. The Kier molecular flexibility index (Phi) is 29.0. The summed E-state index contributed by atoms with van der Waals surface area (Å²) in [6.45, 7) is 27.3. The van der Waals surface area contributed by atoms with E-state index in [-0.39, 0.29) is 69.4 Å². The van der Waals surface area contributed by atoms with Crippen molar-refractivity contribution in [3.63, 3.8) is 0 Å². The number of nitrogens with zero attached hydrogens (tertiary/aromatic N) is 15. The quantitative estimate of drug-likeness (QED) is 0.0371. The third-order valence-corrected chi connectivity index (χ3v) is 26.4. The molecule has 642 valence electrons. The molecule has 0 saturated carbocycles. The molecule has 0 aliphatic carbocycles. The molecule has 24 nitrogen and oxygen atoms in total. The van der Waals surface area contributed by atoms with E-state index in [1.54, 1.807) is 52.3 Å². The summed E-state index contributed by atoms with van der Waals surface area (Å²) in [6.07, 6.45) is 3.19. The van der Waals surface area contributed by atoms with Gasteiger partial charge in [-0.1, -0.05) is 49.0 Å². The van der Waals surface area contributed by atoms with E-state index in [1.165, 1.54) is 66.0 Å². The maximum atomic E-state index is 15.3. The zero-order valence-corrected chi connectivity index (χ0v) is 73.1. The van der Waals surface area contributed by atoms with Crippen molar-refractivity contribution in [3.8, 4) is 33.4 Å². The fraction of sp³-hybridized carbons (Fsp3) is 0.414. The summed E-state index contributed by atoms with van der Waals surface area (Å²) in [5.41, 5.74) is 6.76. The SMILES string of the molecule is C=CC(=O)N1CCN(c2nc(=O)n3c4c(c(-c5cc(Cl)c(F)cc5F)c(C)cc24)SCC(OCCN(C)C)C3)CC1.C=CC(=O)N1CCN(c2nc(=O)n3c4c(c(-c5ccc(F)c(Cl)c5)c(C)cc24)SCC(OCCN(C)C)C3)CC1.C=CC(=O)N1CCN(c2nc(=O)n3c4c(c(-c5ccc(F)cc5F)c(C)cc24)SCC(OCCN(C)C)C3)CC1. The average molecular weight is 1760 g/mol. The van der Waals surface area contributed by atoms with Gasteiger partial charge in [0.25, 0.3) is 0 Å². The molecule has 3 atom stereocenters. The van der Waals surface area contributed by atoms with Crippen molar-refractivity contribution in [2.24, 2.45) is 0 Å². The maximum Gasteiger partial charge on any atom is 0.350 e. The number of aromatic nitrogens is 6. The number of benzene rings is 6. The lowest BCUT2D eigenvalue weighted by Gasteiger charge is -2.35. The third kappa shape index (κ3) is 19.7. The van der Waals surface area contributed by atoms with Crippen molar-refractivity contribution in [2.75, 3.05) is 192 Å². The predicted molar refractivity (Wildman–Crippen MR) is 472 cm³/mol. The molecule has 0 N–H and O–H groups in total. The lowest BCUT2D eigenvalue weighted by molar-refractivity contribution is -0.127. The van der Waals surface area contributed by atoms with Gasteiger partial charge in [-0.2, -0.15) is 15.0 Å². The lowest BCUT2D eigenvalue weighted by Crippen LogP contribution is -2.49. The topological polar surface area (TPSA) is 213 Å². The van der Waals surface area contributed by atoms with Crippen LogP contribution in [0.4, 0.5) is 39.4 Å². The molecule has 121 heavy (non-hydrogen) atoms. The summed E-state index contributed by atoms with van der Waals surface area (Å²) >= 11 is 16.9. The second kappa shape index (κ2) is 39.1. The smallest absolute Gasteiger partial charge is 0.350 e. The summed E-state index contributed by atoms with van der Waals surface area (Å²) in [6, 6.07) is 16.3. The van der Waals surface area contributed by atoms with Crippen LogP contribution in [0.15, 0.2) is 134 Å². The average Bonchev–Trinajstić information content (AvgIpc) is 1.73. The summed E-state index contributed by atoms with van der Waals surface area (Å²) in [4.78, 5) is 111. The van der Waals surface area contributed by atoms with E-state index in [9.17, 15) is 41.9 Å². The minimum absolute atomic E-state index is 0.0486. The number of hydrogen-bond donors (Lipinski definition) is 0. The van der Waals surface area contributed by atoms with Crippen LogP contribution < -0.4 is 31.8 Å². The molecule has 0 bridgehead atoms. The van der Waals surface area contributed by atoms with E-state index in [0.29, 0.717) is 173 Å². The molecule has 0 radical (unpaired) electrons. The van der Waals surface area contributed by atoms with Gasteiger partial charge in [0, 0.05) is 186 Å². The van der Waals surface area contributed by atoms with E-state index in [0.717, 1.165) is 91.1 Å². The van der Waals surface area contributed by atoms with Crippen LogP contribution in [0.5, 0.6) is 0 Å². The summed E-state index contributed by atoms with van der Waals surface area (Å²) in [5.74, 6) is -0.314. The highest BCUT2D eigenvalue weighted by Gasteiger charge is 2.36. The number of carbonyl (C=O) groups excluding carboxylic acids is 3. The molecule has 6 aliphatic rings. The monoisotopic (exact) mass is 1760 g/mol. The Bertz CT molecular complexity index is 5700. The first-order valence-electron chi connectivity index (χ1n) is 39.9. The number of piperazine rings is 3. The van der Waals surface area contributed by atoms with E-state index in [2.05, 4.69) is 50.6 Å². The number of rotatable bonds is 21. The highest BCUT2D eigenvalue weighted by molar-refractivity contribution is 8.00. The minimum atomic E-state index is -0.836. The normalized spacial score (nSPS) is 17.4. The number of thioether (sulfide) groups is 3. The highest BCUT2D eigenvalue weighted by atomic mass is 35.5. The fourth-order valence-electron chi connectivity index (χ4n) is 15.9. The molecule has 34 heteroatoms. The Hall–Kier alpha value is -9.19. The van der Waals surface area contributed by atoms with Crippen molar-refractivity contribution in [1.82, 2.24) is 58.1 Å². The molecule has 6 aromatic carbocycles. The first-order chi connectivity index (χ1) is 57.9. The molecule has 6 aliphatic heterocycles. The van der Waals surface area contributed by atoms with Gasteiger partial charge in [-0.3, -0.25) is 28.1 Å². The Morgan fingerprint density at radius 3 is 1.12 bits per heavy atom. The van der Waals surface area contributed by atoms with E-state index < -0.39 is 40.5 Å². The summed E-state index contributed by atoms with van der Waals surface area (Å²) in [5, 5.41) is 2.26. The fourth-order valence-corrected chi connectivity index (χ4v) is 20.2. The van der Waals surface area contributed by atoms with Gasteiger partial charge in [0.05, 0.1) is 84.4 Å².